The van der Waals surface area contributed by atoms with Crippen molar-refractivity contribution in [3.05, 3.63) is 64.5 Å². The molecule has 5 heteroatoms. The van der Waals surface area contributed by atoms with Crippen molar-refractivity contribution >= 4 is 11.7 Å². The summed E-state index contributed by atoms with van der Waals surface area (Å²) in [6.07, 6.45) is 0.897. The van der Waals surface area contributed by atoms with Gasteiger partial charge in [-0.05, 0) is 56.0 Å². The largest absolute Gasteiger partial charge is 0.322 e. The molecule has 0 aliphatic carbocycles. The van der Waals surface area contributed by atoms with Crippen molar-refractivity contribution in [3.8, 4) is 0 Å². The molecule has 1 saturated heterocycles. The first-order valence-corrected chi connectivity index (χ1v) is 9.53. The highest BCUT2D eigenvalue weighted by atomic mass is 19.1. The molecule has 0 atom stereocenters. The fourth-order valence-electron chi connectivity index (χ4n) is 3.68. The van der Waals surface area contributed by atoms with E-state index in [1.54, 1.807) is 0 Å². The smallest absolute Gasteiger partial charge is 0.321 e. The van der Waals surface area contributed by atoms with Crippen LogP contribution in [0.25, 0.3) is 0 Å². The lowest BCUT2D eigenvalue weighted by Crippen LogP contribution is -2.50. The molecule has 3 rings (SSSR count). The predicted octanol–water partition coefficient (Wildman–Crippen LogP) is 4.14. The Morgan fingerprint density at radius 1 is 1.00 bits per heavy atom. The molecule has 1 aliphatic heterocycles. The molecule has 0 spiro atoms. The SMILES string of the molecule is Cc1cc(C)c(NC(=O)N2CCN(CCc3ccc(F)cc3)CC2)c(C)c1. The van der Waals surface area contributed by atoms with Gasteiger partial charge in [-0.2, -0.15) is 0 Å². The third-order valence-corrected chi connectivity index (χ3v) is 5.20. The lowest BCUT2D eigenvalue weighted by molar-refractivity contribution is 0.148. The monoisotopic (exact) mass is 369 g/mol. The van der Waals surface area contributed by atoms with E-state index in [1.165, 1.54) is 17.7 Å². The van der Waals surface area contributed by atoms with E-state index in [2.05, 4.69) is 29.3 Å². The number of carbonyl (C=O) groups is 1. The Kier molecular flexibility index (Phi) is 6.11. The van der Waals surface area contributed by atoms with Crippen LogP contribution in [0.3, 0.4) is 0 Å². The van der Waals surface area contributed by atoms with Crippen LogP contribution in [0.2, 0.25) is 0 Å². The molecule has 144 valence electrons. The average Bonchev–Trinajstić information content (AvgIpc) is 2.64. The molecule has 0 saturated carbocycles. The van der Waals surface area contributed by atoms with Gasteiger partial charge in [-0.25, -0.2) is 9.18 Å². The van der Waals surface area contributed by atoms with Crippen LogP contribution in [0.1, 0.15) is 22.3 Å². The van der Waals surface area contributed by atoms with Gasteiger partial charge in [-0.3, -0.25) is 4.90 Å². The molecule has 1 aliphatic rings. The van der Waals surface area contributed by atoms with Crippen LogP contribution >= 0.6 is 0 Å². The molecule has 27 heavy (non-hydrogen) atoms. The Bertz CT molecular complexity index is 773. The van der Waals surface area contributed by atoms with Crippen molar-refractivity contribution in [3.63, 3.8) is 0 Å². The van der Waals surface area contributed by atoms with Gasteiger partial charge in [0.1, 0.15) is 5.82 Å². The third kappa shape index (κ3) is 5.07. The summed E-state index contributed by atoms with van der Waals surface area (Å²) in [7, 11) is 0. The fraction of sp³-hybridized carbons (Fsp3) is 0.409. The number of hydrogen-bond acceptors (Lipinski definition) is 2. The van der Waals surface area contributed by atoms with Crippen LogP contribution in [-0.2, 0) is 6.42 Å². The number of hydrogen-bond donors (Lipinski definition) is 1. The van der Waals surface area contributed by atoms with Crippen molar-refractivity contribution in [1.82, 2.24) is 9.80 Å². The van der Waals surface area contributed by atoms with Gasteiger partial charge in [0.05, 0.1) is 0 Å². The second kappa shape index (κ2) is 8.53. The first kappa shape index (κ1) is 19.4. The van der Waals surface area contributed by atoms with Crippen LogP contribution in [0.4, 0.5) is 14.9 Å². The highest BCUT2D eigenvalue weighted by Gasteiger charge is 2.21. The lowest BCUT2D eigenvalue weighted by atomic mass is 10.1. The highest BCUT2D eigenvalue weighted by Crippen LogP contribution is 2.22. The number of benzene rings is 2. The molecule has 2 aromatic rings. The van der Waals surface area contributed by atoms with Crippen LogP contribution in [0, 0.1) is 26.6 Å². The second-order valence-electron chi connectivity index (χ2n) is 7.41. The van der Waals surface area contributed by atoms with E-state index >= 15 is 0 Å². The fourth-order valence-corrected chi connectivity index (χ4v) is 3.68. The van der Waals surface area contributed by atoms with Crippen LogP contribution in [-0.4, -0.2) is 48.6 Å². The van der Waals surface area contributed by atoms with E-state index in [-0.39, 0.29) is 11.8 Å². The summed E-state index contributed by atoms with van der Waals surface area (Å²) >= 11 is 0. The summed E-state index contributed by atoms with van der Waals surface area (Å²) in [5.74, 6) is -0.197. The normalized spacial score (nSPS) is 15.0. The summed E-state index contributed by atoms with van der Waals surface area (Å²) in [4.78, 5) is 16.9. The van der Waals surface area contributed by atoms with Crippen LogP contribution in [0.5, 0.6) is 0 Å². The lowest BCUT2D eigenvalue weighted by Gasteiger charge is -2.35. The molecule has 1 N–H and O–H groups in total. The second-order valence-corrected chi connectivity index (χ2v) is 7.41. The minimum atomic E-state index is -0.197. The Labute approximate surface area is 161 Å². The number of aryl methyl sites for hydroxylation is 3. The minimum absolute atomic E-state index is 0.0248. The van der Waals surface area contributed by atoms with Gasteiger partial charge in [0.2, 0.25) is 0 Å². The first-order chi connectivity index (χ1) is 12.9. The maximum atomic E-state index is 13.0. The van der Waals surface area contributed by atoms with Gasteiger partial charge in [0.15, 0.2) is 0 Å². The van der Waals surface area contributed by atoms with Gasteiger partial charge in [0, 0.05) is 38.4 Å². The Morgan fingerprint density at radius 2 is 1.59 bits per heavy atom. The van der Waals surface area contributed by atoms with Gasteiger partial charge in [-0.15, -0.1) is 0 Å². The van der Waals surface area contributed by atoms with Crippen molar-refractivity contribution in [1.29, 1.82) is 0 Å². The standard InChI is InChI=1S/C22H28FN3O/c1-16-14-17(2)21(18(3)15-16)24-22(27)26-12-10-25(11-13-26)9-8-19-4-6-20(23)7-5-19/h4-7,14-15H,8-13H2,1-3H3,(H,24,27). The predicted molar refractivity (Wildman–Crippen MR) is 108 cm³/mol. The third-order valence-electron chi connectivity index (χ3n) is 5.20. The molecule has 1 heterocycles. The van der Waals surface area contributed by atoms with Gasteiger partial charge < -0.3 is 10.2 Å². The quantitative estimate of drug-likeness (QED) is 0.879. The van der Waals surface area contributed by atoms with Crippen molar-refractivity contribution < 1.29 is 9.18 Å². The van der Waals surface area contributed by atoms with Crippen molar-refractivity contribution in [2.75, 3.05) is 38.0 Å². The minimum Gasteiger partial charge on any atom is -0.322 e. The molecule has 0 radical (unpaired) electrons. The Morgan fingerprint density at radius 3 is 2.19 bits per heavy atom. The Balaban J connectivity index is 1.48. The molecule has 4 nitrogen and oxygen atoms in total. The van der Waals surface area contributed by atoms with Crippen LogP contribution in [0.15, 0.2) is 36.4 Å². The zero-order valence-corrected chi connectivity index (χ0v) is 16.4. The number of rotatable bonds is 4. The van der Waals surface area contributed by atoms with E-state index in [0.717, 1.165) is 61.5 Å². The number of amides is 2. The molecule has 2 aromatic carbocycles. The summed E-state index contributed by atoms with van der Waals surface area (Å²) in [5.41, 5.74) is 5.46. The van der Waals surface area contributed by atoms with Gasteiger partial charge in [0.25, 0.3) is 0 Å². The molecular formula is C22H28FN3O. The summed E-state index contributed by atoms with van der Waals surface area (Å²) in [5, 5.41) is 3.09. The number of nitrogens with one attached hydrogen (secondary N) is 1. The molecule has 0 unspecified atom stereocenters. The summed E-state index contributed by atoms with van der Waals surface area (Å²) in [6.45, 7) is 10.2. The van der Waals surface area contributed by atoms with Crippen molar-refractivity contribution in [2.24, 2.45) is 0 Å². The van der Waals surface area contributed by atoms with Crippen molar-refractivity contribution in [2.45, 2.75) is 27.2 Å². The highest BCUT2D eigenvalue weighted by molar-refractivity contribution is 5.91. The first-order valence-electron chi connectivity index (χ1n) is 9.53. The number of piperazine rings is 1. The van der Waals surface area contributed by atoms with E-state index in [0.29, 0.717) is 0 Å². The molecule has 1 fully saturated rings. The number of urea groups is 1. The maximum absolute atomic E-state index is 13.0. The number of carbonyl (C=O) groups excluding carboxylic acids is 1. The number of halogens is 1. The van der Waals surface area contributed by atoms with Gasteiger partial charge >= 0.3 is 6.03 Å². The van der Waals surface area contributed by atoms with E-state index < -0.39 is 0 Å². The van der Waals surface area contributed by atoms with Crippen LogP contribution < -0.4 is 5.32 Å². The summed E-state index contributed by atoms with van der Waals surface area (Å²) < 4.78 is 13.0. The van der Waals surface area contributed by atoms with E-state index in [4.69, 9.17) is 0 Å². The molecule has 2 amide bonds. The van der Waals surface area contributed by atoms with Gasteiger partial charge in [-0.1, -0.05) is 29.8 Å². The molecular weight excluding hydrogens is 341 g/mol. The summed E-state index contributed by atoms with van der Waals surface area (Å²) in [6, 6.07) is 10.9. The zero-order valence-electron chi connectivity index (χ0n) is 16.4. The Hall–Kier alpha value is -2.40. The molecule has 0 aromatic heterocycles. The van der Waals surface area contributed by atoms with E-state index in [1.807, 2.05) is 30.9 Å². The number of nitrogens with zero attached hydrogens (tertiary/aromatic N) is 2. The zero-order chi connectivity index (χ0) is 19.4. The molecule has 0 bridgehead atoms. The number of anilines is 1. The topological polar surface area (TPSA) is 35.6 Å². The average molecular weight is 369 g/mol. The van der Waals surface area contributed by atoms with E-state index in [9.17, 15) is 9.18 Å². The maximum Gasteiger partial charge on any atom is 0.321 e.